The van der Waals surface area contributed by atoms with E-state index in [1.807, 2.05) is 17.0 Å². The third-order valence-electron chi connectivity index (χ3n) is 4.58. The molecule has 1 fully saturated rings. The number of nitrogens with zero attached hydrogens (tertiary/aromatic N) is 3. The van der Waals surface area contributed by atoms with Gasteiger partial charge in [0, 0.05) is 50.6 Å². The summed E-state index contributed by atoms with van der Waals surface area (Å²) < 4.78 is 0. The number of aromatic nitrogens is 1. The molecule has 6 nitrogen and oxygen atoms in total. The minimum atomic E-state index is 0.219. The second-order valence-corrected chi connectivity index (χ2v) is 7.45. The van der Waals surface area contributed by atoms with Crippen molar-refractivity contribution in [3.8, 4) is 0 Å². The molecule has 0 bridgehead atoms. The maximum atomic E-state index is 11.8. The van der Waals surface area contributed by atoms with Crippen molar-refractivity contribution >= 4 is 28.9 Å². The number of aryl methyl sites for hydroxylation is 1. The van der Waals surface area contributed by atoms with E-state index >= 15 is 0 Å². The van der Waals surface area contributed by atoms with Crippen LogP contribution in [-0.4, -0.2) is 37.0 Å². The van der Waals surface area contributed by atoms with Crippen molar-refractivity contribution < 1.29 is 4.79 Å². The fourth-order valence-electron chi connectivity index (χ4n) is 3.06. The highest BCUT2D eigenvalue weighted by Gasteiger charge is 2.21. The van der Waals surface area contributed by atoms with Gasteiger partial charge in [-0.3, -0.25) is 9.79 Å². The molecule has 0 unspecified atom stereocenters. The summed E-state index contributed by atoms with van der Waals surface area (Å²) in [6.45, 7) is 4.43. The van der Waals surface area contributed by atoms with Gasteiger partial charge in [-0.2, -0.15) is 0 Å². The molecule has 1 saturated heterocycles. The van der Waals surface area contributed by atoms with Gasteiger partial charge in [0.15, 0.2) is 5.96 Å². The molecule has 1 aliphatic rings. The summed E-state index contributed by atoms with van der Waals surface area (Å²) >= 11 is 1.72. The number of anilines is 1. The van der Waals surface area contributed by atoms with Crippen molar-refractivity contribution in [2.45, 2.75) is 39.2 Å². The van der Waals surface area contributed by atoms with E-state index in [2.05, 4.69) is 45.0 Å². The first-order valence-electron chi connectivity index (χ1n) is 9.46. The summed E-state index contributed by atoms with van der Waals surface area (Å²) in [6, 6.07) is 8.15. The molecule has 2 aromatic rings. The molecule has 1 aliphatic heterocycles. The minimum Gasteiger partial charge on any atom is -0.356 e. The number of carbonyl (C=O) groups is 1. The first-order valence-corrected chi connectivity index (χ1v) is 10.3. The number of thiazole rings is 1. The second kappa shape index (κ2) is 9.50. The molecule has 0 saturated carbocycles. The molecule has 3 rings (SSSR count). The Morgan fingerprint density at radius 2 is 2.11 bits per heavy atom. The molecule has 2 N–H and O–H groups in total. The average Bonchev–Trinajstić information content (AvgIpc) is 3.33. The molecular formula is C20H27N5OS. The lowest BCUT2D eigenvalue weighted by atomic mass is 10.2. The van der Waals surface area contributed by atoms with Crippen LogP contribution < -0.4 is 15.5 Å². The Kier molecular flexibility index (Phi) is 6.81. The van der Waals surface area contributed by atoms with Gasteiger partial charge in [0.25, 0.3) is 0 Å². The zero-order valence-corrected chi connectivity index (χ0v) is 16.8. The highest BCUT2D eigenvalue weighted by Crippen LogP contribution is 2.21. The summed E-state index contributed by atoms with van der Waals surface area (Å²) in [4.78, 5) is 22.5. The number of amides is 1. The van der Waals surface area contributed by atoms with E-state index in [-0.39, 0.29) is 5.91 Å². The standard InChI is InChI=1S/C20H27N5OS/c1-3-18-24-16(14-27-18)10-11-22-20(21-2)23-13-15-6-8-17(9-7-15)25-12-4-5-19(25)26/h6-9,14H,3-5,10-13H2,1-2H3,(H2,21,22,23). The van der Waals surface area contributed by atoms with E-state index in [0.29, 0.717) is 13.0 Å². The van der Waals surface area contributed by atoms with Crippen LogP contribution in [0, 0.1) is 0 Å². The summed E-state index contributed by atoms with van der Waals surface area (Å²) in [6.07, 6.45) is 3.48. The number of benzene rings is 1. The van der Waals surface area contributed by atoms with Gasteiger partial charge < -0.3 is 15.5 Å². The molecule has 1 aromatic heterocycles. The van der Waals surface area contributed by atoms with E-state index in [4.69, 9.17) is 0 Å². The lowest BCUT2D eigenvalue weighted by Gasteiger charge is -2.16. The lowest BCUT2D eigenvalue weighted by Crippen LogP contribution is -2.37. The van der Waals surface area contributed by atoms with Crippen LogP contribution >= 0.6 is 11.3 Å². The van der Waals surface area contributed by atoms with Gasteiger partial charge in [0.2, 0.25) is 5.91 Å². The number of carbonyl (C=O) groups excluding carboxylic acids is 1. The maximum Gasteiger partial charge on any atom is 0.227 e. The molecule has 0 aliphatic carbocycles. The molecule has 2 heterocycles. The number of hydrogen-bond donors (Lipinski definition) is 2. The second-order valence-electron chi connectivity index (χ2n) is 6.50. The third kappa shape index (κ3) is 5.29. The smallest absolute Gasteiger partial charge is 0.227 e. The Hall–Kier alpha value is -2.41. The van der Waals surface area contributed by atoms with Gasteiger partial charge in [0.1, 0.15) is 0 Å². The molecule has 0 atom stereocenters. The van der Waals surface area contributed by atoms with Crippen LogP contribution in [-0.2, 0) is 24.2 Å². The first-order chi connectivity index (χ1) is 13.2. The molecule has 7 heteroatoms. The fraction of sp³-hybridized carbons (Fsp3) is 0.450. The van der Waals surface area contributed by atoms with Crippen molar-refractivity contribution in [3.05, 3.63) is 45.9 Å². The summed E-state index contributed by atoms with van der Waals surface area (Å²) in [5.74, 6) is 0.997. The van der Waals surface area contributed by atoms with Gasteiger partial charge in [-0.1, -0.05) is 19.1 Å². The van der Waals surface area contributed by atoms with Crippen molar-refractivity contribution in [1.82, 2.24) is 15.6 Å². The van der Waals surface area contributed by atoms with Crippen molar-refractivity contribution in [1.29, 1.82) is 0 Å². The first kappa shape index (κ1) is 19.4. The van der Waals surface area contributed by atoms with Gasteiger partial charge >= 0.3 is 0 Å². The lowest BCUT2D eigenvalue weighted by molar-refractivity contribution is -0.117. The predicted octanol–water partition coefficient (Wildman–Crippen LogP) is 2.74. The zero-order chi connectivity index (χ0) is 19.1. The van der Waals surface area contributed by atoms with Crippen LogP contribution in [0.1, 0.15) is 36.0 Å². The third-order valence-corrected chi connectivity index (χ3v) is 5.62. The van der Waals surface area contributed by atoms with Gasteiger partial charge in [-0.15, -0.1) is 11.3 Å². The van der Waals surface area contributed by atoms with Crippen LogP contribution in [0.2, 0.25) is 0 Å². The largest absolute Gasteiger partial charge is 0.356 e. The molecule has 144 valence electrons. The van der Waals surface area contributed by atoms with Gasteiger partial charge in [-0.05, 0) is 30.5 Å². The zero-order valence-electron chi connectivity index (χ0n) is 16.0. The number of nitrogens with one attached hydrogen (secondary N) is 2. The molecular weight excluding hydrogens is 358 g/mol. The molecule has 27 heavy (non-hydrogen) atoms. The highest BCUT2D eigenvalue weighted by atomic mass is 32.1. The Morgan fingerprint density at radius 1 is 1.30 bits per heavy atom. The van der Waals surface area contributed by atoms with Crippen LogP contribution in [0.3, 0.4) is 0 Å². The van der Waals surface area contributed by atoms with Gasteiger partial charge in [0.05, 0.1) is 10.7 Å². The molecule has 0 spiro atoms. The Labute approximate surface area is 164 Å². The molecule has 0 radical (unpaired) electrons. The van der Waals surface area contributed by atoms with Crippen molar-refractivity contribution in [2.24, 2.45) is 4.99 Å². The van der Waals surface area contributed by atoms with E-state index in [9.17, 15) is 4.79 Å². The normalized spacial score (nSPS) is 14.7. The van der Waals surface area contributed by atoms with E-state index in [1.54, 1.807) is 18.4 Å². The SMILES string of the molecule is CCc1nc(CCNC(=NC)NCc2ccc(N3CCCC3=O)cc2)cs1. The van der Waals surface area contributed by atoms with E-state index < -0.39 is 0 Å². The summed E-state index contributed by atoms with van der Waals surface area (Å²) in [5.41, 5.74) is 3.27. The van der Waals surface area contributed by atoms with Crippen molar-refractivity contribution in [3.63, 3.8) is 0 Å². The van der Waals surface area contributed by atoms with Crippen LogP contribution in [0.4, 0.5) is 5.69 Å². The Morgan fingerprint density at radius 3 is 2.74 bits per heavy atom. The topological polar surface area (TPSA) is 69.6 Å². The quantitative estimate of drug-likeness (QED) is 0.568. The maximum absolute atomic E-state index is 11.8. The summed E-state index contributed by atoms with van der Waals surface area (Å²) in [7, 11) is 1.77. The van der Waals surface area contributed by atoms with Crippen LogP contribution in [0.15, 0.2) is 34.6 Å². The van der Waals surface area contributed by atoms with Gasteiger partial charge in [-0.25, -0.2) is 4.98 Å². The van der Waals surface area contributed by atoms with E-state index in [0.717, 1.165) is 55.3 Å². The van der Waals surface area contributed by atoms with Crippen LogP contribution in [0.5, 0.6) is 0 Å². The Bertz CT molecular complexity index is 784. The number of hydrogen-bond acceptors (Lipinski definition) is 4. The Balaban J connectivity index is 1.44. The fourth-order valence-corrected chi connectivity index (χ4v) is 3.84. The summed E-state index contributed by atoms with van der Waals surface area (Å²) in [5, 5.41) is 9.97. The van der Waals surface area contributed by atoms with Crippen molar-refractivity contribution in [2.75, 3.05) is 25.0 Å². The number of rotatable bonds is 7. The van der Waals surface area contributed by atoms with Crippen LogP contribution in [0.25, 0.3) is 0 Å². The van der Waals surface area contributed by atoms with E-state index in [1.165, 1.54) is 5.01 Å². The predicted molar refractivity (Wildman–Crippen MR) is 111 cm³/mol. The monoisotopic (exact) mass is 385 g/mol. The molecule has 1 aromatic carbocycles. The highest BCUT2D eigenvalue weighted by molar-refractivity contribution is 7.09. The number of aliphatic imine (C=N–C) groups is 1. The number of guanidine groups is 1. The minimum absolute atomic E-state index is 0.219. The molecule has 1 amide bonds. The average molecular weight is 386 g/mol.